The Hall–Kier alpha value is -0.620. The lowest BCUT2D eigenvalue weighted by atomic mass is 10.1. The third-order valence-corrected chi connectivity index (χ3v) is 3.35. The lowest BCUT2D eigenvalue weighted by Gasteiger charge is -2.21. The Morgan fingerprint density at radius 2 is 2.17 bits per heavy atom. The molecular weight excluding hydrogens is 296 g/mol. The van der Waals surface area contributed by atoms with Gasteiger partial charge in [0, 0.05) is 24.1 Å². The number of rotatable bonds is 7. The zero-order valence-electron chi connectivity index (χ0n) is 10.9. The van der Waals surface area contributed by atoms with E-state index >= 15 is 0 Å². The number of nitrogens with zero attached hydrogens (tertiary/aromatic N) is 1. The first-order valence-corrected chi connectivity index (χ1v) is 6.80. The molecule has 1 rings (SSSR count). The number of anilines is 1. The van der Waals surface area contributed by atoms with Crippen molar-refractivity contribution < 1.29 is 9.84 Å². The highest BCUT2D eigenvalue weighted by atomic mass is 79.9. The van der Waals surface area contributed by atoms with E-state index in [1.165, 1.54) is 0 Å². The van der Waals surface area contributed by atoms with Crippen molar-refractivity contribution in [2.75, 3.05) is 38.3 Å². The molecule has 5 heteroatoms. The maximum atomic E-state index is 8.62. The van der Waals surface area contributed by atoms with Gasteiger partial charge in [-0.25, -0.2) is 0 Å². The number of benzene rings is 1. The molecule has 0 heterocycles. The van der Waals surface area contributed by atoms with Crippen molar-refractivity contribution >= 4 is 21.6 Å². The fourth-order valence-electron chi connectivity index (χ4n) is 1.60. The molecule has 0 fully saturated rings. The fourth-order valence-corrected chi connectivity index (χ4v) is 2.30. The Balaban J connectivity index is 2.60. The second-order valence-electron chi connectivity index (χ2n) is 4.26. The molecule has 102 valence electrons. The first kappa shape index (κ1) is 15.4. The molecular formula is C13H21BrN2O2. The Labute approximate surface area is 117 Å². The van der Waals surface area contributed by atoms with Crippen LogP contribution < -0.4 is 10.6 Å². The second kappa shape index (κ2) is 7.74. The third kappa shape index (κ3) is 4.57. The second-order valence-corrected chi connectivity index (χ2v) is 5.11. The Morgan fingerprint density at radius 3 is 2.72 bits per heavy atom. The normalized spacial score (nSPS) is 12.5. The van der Waals surface area contributed by atoms with Gasteiger partial charge in [-0.15, -0.1) is 0 Å². The highest BCUT2D eigenvalue weighted by Crippen LogP contribution is 2.28. The van der Waals surface area contributed by atoms with Crippen LogP contribution in [-0.4, -0.2) is 38.5 Å². The number of likely N-dealkylation sites (N-methyl/N-ethyl adjacent to an activating group) is 1. The average Bonchev–Trinajstić information content (AvgIpc) is 2.34. The van der Waals surface area contributed by atoms with Gasteiger partial charge in [0.05, 0.1) is 25.5 Å². The van der Waals surface area contributed by atoms with E-state index in [9.17, 15) is 0 Å². The molecule has 0 radical (unpaired) electrons. The van der Waals surface area contributed by atoms with Gasteiger partial charge < -0.3 is 20.5 Å². The number of hydrogen-bond donors (Lipinski definition) is 2. The average molecular weight is 317 g/mol. The predicted octanol–water partition coefficient (Wildman–Crippen LogP) is 1.91. The molecule has 4 nitrogen and oxygen atoms in total. The molecule has 0 spiro atoms. The van der Waals surface area contributed by atoms with Crippen molar-refractivity contribution in [1.82, 2.24) is 0 Å². The van der Waals surface area contributed by atoms with E-state index in [1.54, 1.807) is 0 Å². The van der Waals surface area contributed by atoms with Crippen LogP contribution >= 0.6 is 15.9 Å². The van der Waals surface area contributed by atoms with E-state index in [-0.39, 0.29) is 12.6 Å². The lowest BCUT2D eigenvalue weighted by molar-refractivity contribution is 0.0971. The van der Waals surface area contributed by atoms with Crippen molar-refractivity contribution in [3.8, 4) is 0 Å². The molecule has 18 heavy (non-hydrogen) atoms. The van der Waals surface area contributed by atoms with Crippen LogP contribution in [0.1, 0.15) is 18.5 Å². The number of halogens is 1. The molecule has 0 amide bonds. The van der Waals surface area contributed by atoms with Crippen molar-refractivity contribution in [2.45, 2.75) is 13.0 Å². The largest absolute Gasteiger partial charge is 0.394 e. The molecule has 0 saturated heterocycles. The van der Waals surface area contributed by atoms with Crippen LogP contribution in [0.15, 0.2) is 22.7 Å². The zero-order valence-corrected chi connectivity index (χ0v) is 12.5. The summed E-state index contributed by atoms with van der Waals surface area (Å²) in [6.45, 7) is 3.79. The van der Waals surface area contributed by atoms with Gasteiger partial charge in [-0.3, -0.25) is 0 Å². The van der Waals surface area contributed by atoms with Crippen LogP contribution in [0.25, 0.3) is 0 Å². The van der Waals surface area contributed by atoms with Gasteiger partial charge in [-0.2, -0.15) is 0 Å². The topological polar surface area (TPSA) is 58.7 Å². The summed E-state index contributed by atoms with van der Waals surface area (Å²) in [5.74, 6) is 0. The van der Waals surface area contributed by atoms with Crippen LogP contribution in [0.4, 0.5) is 5.69 Å². The zero-order chi connectivity index (χ0) is 13.5. The van der Waals surface area contributed by atoms with Gasteiger partial charge in [0.15, 0.2) is 0 Å². The molecule has 3 N–H and O–H groups in total. The van der Waals surface area contributed by atoms with Crippen molar-refractivity contribution in [2.24, 2.45) is 5.73 Å². The molecule has 1 aromatic carbocycles. The maximum absolute atomic E-state index is 8.62. The van der Waals surface area contributed by atoms with E-state index in [2.05, 4.69) is 26.9 Å². The van der Waals surface area contributed by atoms with E-state index in [0.29, 0.717) is 13.2 Å². The van der Waals surface area contributed by atoms with E-state index in [1.807, 2.05) is 26.1 Å². The van der Waals surface area contributed by atoms with Gasteiger partial charge in [-0.05, 0) is 40.5 Å². The quantitative estimate of drug-likeness (QED) is 0.754. The molecule has 0 aromatic heterocycles. The van der Waals surface area contributed by atoms with Crippen molar-refractivity contribution in [3.05, 3.63) is 28.2 Å². The summed E-state index contributed by atoms with van der Waals surface area (Å²) in [6, 6.07) is 6.17. The van der Waals surface area contributed by atoms with Gasteiger partial charge in [0.2, 0.25) is 0 Å². The number of nitrogens with two attached hydrogens (primary N) is 1. The first-order chi connectivity index (χ1) is 8.56. The third-order valence-electron chi connectivity index (χ3n) is 2.72. The fraction of sp³-hybridized carbons (Fsp3) is 0.538. The van der Waals surface area contributed by atoms with Crippen molar-refractivity contribution in [3.63, 3.8) is 0 Å². The smallest absolute Gasteiger partial charge is 0.0698 e. The maximum Gasteiger partial charge on any atom is 0.0698 e. The first-order valence-electron chi connectivity index (χ1n) is 6.01. The van der Waals surface area contributed by atoms with Gasteiger partial charge in [0.1, 0.15) is 0 Å². The summed E-state index contributed by atoms with van der Waals surface area (Å²) in [7, 11) is 2.01. The molecule has 0 unspecified atom stereocenters. The van der Waals surface area contributed by atoms with Crippen LogP contribution in [0, 0.1) is 0 Å². The van der Waals surface area contributed by atoms with Crippen LogP contribution in [0.2, 0.25) is 0 Å². The summed E-state index contributed by atoms with van der Waals surface area (Å²) in [6.07, 6.45) is 0. The number of hydrogen-bond acceptors (Lipinski definition) is 4. The monoisotopic (exact) mass is 316 g/mol. The Kier molecular flexibility index (Phi) is 6.63. The van der Waals surface area contributed by atoms with E-state index in [0.717, 1.165) is 22.3 Å². The summed E-state index contributed by atoms with van der Waals surface area (Å²) >= 11 is 3.56. The van der Waals surface area contributed by atoms with Gasteiger partial charge >= 0.3 is 0 Å². The minimum absolute atomic E-state index is 0.0357. The minimum atomic E-state index is 0.0357. The van der Waals surface area contributed by atoms with E-state index in [4.69, 9.17) is 15.6 Å². The summed E-state index contributed by atoms with van der Waals surface area (Å²) in [5, 5.41) is 8.62. The highest BCUT2D eigenvalue weighted by Gasteiger charge is 2.08. The van der Waals surface area contributed by atoms with E-state index < -0.39 is 0 Å². The van der Waals surface area contributed by atoms with Crippen molar-refractivity contribution in [1.29, 1.82) is 0 Å². The van der Waals surface area contributed by atoms with Gasteiger partial charge in [-0.1, -0.05) is 6.07 Å². The van der Waals surface area contributed by atoms with Crippen LogP contribution in [0.3, 0.4) is 0 Å². The lowest BCUT2D eigenvalue weighted by Crippen LogP contribution is -2.23. The Bertz CT molecular complexity index is 372. The van der Waals surface area contributed by atoms with Gasteiger partial charge in [0.25, 0.3) is 0 Å². The molecule has 0 bridgehead atoms. The molecule has 0 aliphatic carbocycles. The highest BCUT2D eigenvalue weighted by molar-refractivity contribution is 9.10. The molecule has 0 aliphatic rings. The SMILES string of the molecule is C[C@H](N)c1ccc(N(C)CCOCCO)c(Br)c1. The standard InChI is InChI=1S/C13H21BrN2O2/c1-10(15)11-3-4-13(12(14)9-11)16(2)5-7-18-8-6-17/h3-4,9-10,17H,5-8,15H2,1-2H3/t10-/m0/s1. The Morgan fingerprint density at radius 1 is 1.44 bits per heavy atom. The summed E-state index contributed by atoms with van der Waals surface area (Å²) < 4.78 is 6.28. The van der Waals surface area contributed by atoms with Crippen LogP contribution in [-0.2, 0) is 4.74 Å². The number of aliphatic hydroxyl groups is 1. The minimum Gasteiger partial charge on any atom is -0.394 e. The molecule has 0 aliphatic heterocycles. The summed E-state index contributed by atoms with van der Waals surface area (Å²) in [5.41, 5.74) is 8.05. The van der Waals surface area contributed by atoms with Crippen LogP contribution in [0.5, 0.6) is 0 Å². The predicted molar refractivity (Wildman–Crippen MR) is 77.9 cm³/mol. The molecule has 1 atom stereocenters. The molecule has 1 aromatic rings. The molecule has 0 saturated carbocycles. The summed E-state index contributed by atoms with van der Waals surface area (Å²) in [4.78, 5) is 2.10. The number of aliphatic hydroxyl groups excluding tert-OH is 1. The number of ether oxygens (including phenoxy) is 1.